The number of hydrogen-bond acceptors (Lipinski definition) is 17. The number of phenols is 1. The lowest BCUT2D eigenvalue weighted by atomic mass is 9.91. The lowest BCUT2D eigenvalue weighted by molar-refractivity contribution is -0.141. The van der Waals surface area contributed by atoms with E-state index < -0.39 is 23.6 Å². The zero-order valence-corrected chi connectivity index (χ0v) is 50.6. The van der Waals surface area contributed by atoms with Crippen LogP contribution in [0.15, 0.2) is 70.8 Å². The van der Waals surface area contributed by atoms with Crippen molar-refractivity contribution in [2.75, 3.05) is 82.5 Å². The number of piperazine rings is 2. The minimum atomic E-state index is -0.718. The quantitative estimate of drug-likeness (QED) is 0.0610. The number of nitrogens with one attached hydrogen (secondary N) is 2. The number of anilines is 2. The van der Waals surface area contributed by atoms with Crippen LogP contribution < -0.4 is 25.2 Å². The predicted molar refractivity (Wildman–Crippen MR) is 329 cm³/mol. The zero-order valence-electron chi connectivity index (χ0n) is 49.8. The normalized spacial score (nSPS) is 22.6. The Kier molecular flexibility index (Phi) is 17.2. The van der Waals surface area contributed by atoms with Gasteiger partial charge in [0.25, 0.3) is 0 Å². The molecule has 13 rings (SSSR count). The summed E-state index contributed by atoms with van der Waals surface area (Å²) in [6, 6.07) is 16.0. The van der Waals surface area contributed by atoms with Crippen molar-refractivity contribution in [1.82, 2.24) is 50.4 Å². The number of hydrogen-bond donors (Lipinski definition) is 3. The molecule has 4 aromatic heterocycles. The highest BCUT2D eigenvalue weighted by atomic mass is 32.1. The van der Waals surface area contributed by atoms with Gasteiger partial charge in [-0.15, -0.1) is 17.8 Å². The van der Waals surface area contributed by atoms with E-state index in [2.05, 4.69) is 63.5 Å². The van der Waals surface area contributed by atoms with E-state index in [1.807, 2.05) is 51.4 Å². The van der Waals surface area contributed by atoms with Gasteiger partial charge >= 0.3 is 6.01 Å². The van der Waals surface area contributed by atoms with E-state index in [-0.39, 0.29) is 63.4 Å². The molecule has 6 fully saturated rings. The molecule has 3 aromatic carbocycles. The standard InChI is InChI=1S/C35H36F2N6O3.C30H38N6O4S/c1-3-25-28(36)8-5-20-13-24(44)14-26(29(20)25)31-30(37)32-27(15-38-31)33(42-16-21-6-7-22(17-42)39-21)41-34(40-32)46-19-35-10-4-12-43(35)23(9-11-35)18-45-2;1-19(2)27(25-16-26(33-40-25)35-14-12-34(18-37)13-15-35)30(39)36-11-5-6-24(36)29(38)32-20(3)22-7-9-23(10-8-22)28-21(4)31-17-41-28/h1,5,8,13-15,21-23,39,44H,4,6-7,9-12,16-19H2,2H3;7-10,16-20,24,27H,5-6,11-15H2,1-4H3,(H,32,38). The van der Waals surface area contributed by atoms with Crippen LogP contribution in [0.5, 0.6) is 11.8 Å². The zero-order chi connectivity index (χ0) is 60.7. The van der Waals surface area contributed by atoms with Crippen LogP contribution in [0, 0.1) is 36.8 Å². The minimum Gasteiger partial charge on any atom is -0.508 e. The van der Waals surface area contributed by atoms with Crippen LogP contribution in [0.25, 0.3) is 43.4 Å². The maximum absolute atomic E-state index is 16.8. The first-order valence-corrected chi connectivity index (χ1v) is 31.2. The first-order chi connectivity index (χ1) is 42.1. The van der Waals surface area contributed by atoms with Gasteiger partial charge in [-0.1, -0.05) is 55.3 Å². The van der Waals surface area contributed by atoms with Crippen molar-refractivity contribution in [2.45, 2.75) is 121 Å². The first kappa shape index (κ1) is 59.5. The molecule has 0 saturated carbocycles. The maximum atomic E-state index is 16.8. The second-order valence-electron chi connectivity index (χ2n) is 24.4. The second-order valence-corrected chi connectivity index (χ2v) is 25.3. The van der Waals surface area contributed by atoms with Crippen LogP contribution in [0.1, 0.15) is 107 Å². The number of terminal acetylenes is 1. The number of aryl methyl sites for hydroxylation is 1. The van der Waals surface area contributed by atoms with Crippen molar-refractivity contribution in [3.05, 3.63) is 101 Å². The van der Waals surface area contributed by atoms with Gasteiger partial charge in [-0.2, -0.15) is 9.97 Å². The number of thiazole rings is 1. The molecule has 7 unspecified atom stereocenters. The maximum Gasteiger partial charge on any atom is 0.319 e. The fraction of sp³-hybridized carbons (Fsp3) is 0.477. The second kappa shape index (κ2) is 25.1. The monoisotopic (exact) mass is 1200 g/mol. The summed E-state index contributed by atoms with van der Waals surface area (Å²) in [6.07, 6.45) is 15.8. The molecule has 22 heteroatoms. The van der Waals surface area contributed by atoms with E-state index >= 15 is 4.39 Å². The van der Waals surface area contributed by atoms with E-state index in [0.29, 0.717) is 104 Å². The number of likely N-dealkylation sites (tertiary alicyclic amines) is 1. The van der Waals surface area contributed by atoms with Crippen LogP contribution >= 0.6 is 11.3 Å². The molecule has 3 amide bonds. The largest absolute Gasteiger partial charge is 0.508 e. The van der Waals surface area contributed by atoms with E-state index in [0.717, 1.165) is 92.7 Å². The number of halogens is 2. The van der Waals surface area contributed by atoms with Gasteiger partial charge in [0.15, 0.2) is 17.4 Å². The highest BCUT2D eigenvalue weighted by Gasteiger charge is 2.50. The van der Waals surface area contributed by atoms with Gasteiger partial charge < -0.3 is 49.3 Å². The fourth-order valence-electron chi connectivity index (χ4n) is 14.2. The van der Waals surface area contributed by atoms with Crippen molar-refractivity contribution >= 4 is 62.9 Å². The number of fused-ring (bicyclic) bond motifs is 5. The van der Waals surface area contributed by atoms with Crippen LogP contribution in [0.4, 0.5) is 20.4 Å². The topological polar surface area (TPSA) is 208 Å². The molecule has 7 aromatic rings. The summed E-state index contributed by atoms with van der Waals surface area (Å²) in [5.74, 6) is 1.87. The number of aromatic hydroxyl groups is 1. The summed E-state index contributed by atoms with van der Waals surface area (Å²) in [4.78, 5) is 68.1. The van der Waals surface area contributed by atoms with Crippen molar-refractivity contribution in [2.24, 2.45) is 5.92 Å². The minimum absolute atomic E-state index is 0.0267. The molecular weight excluding hydrogens is 1130 g/mol. The number of phenolic OH excluding ortho intramolecular Hbond substituents is 1. The molecule has 6 aliphatic heterocycles. The van der Waals surface area contributed by atoms with Crippen LogP contribution in [-0.2, 0) is 19.1 Å². The number of ether oxygens (including phenoxy) is 2. The Hall–Kier alpha value is -7.84. The number of benzene rings is 3. The third-order valence-corrected chi connectivity index (χ3v) is 19.6. The Morgan fingerprint density at radius 3 is 2.45 bits per heavy atom. The molecule has 10 heterocycles. The van der Waals surface area contributed by atoms with Gasteiger partial charge in [0.2, 0.25) is 18.2 Å². The number of pyridine rings is 1. The average molecular weight is 1210 g/mol. The van der Waals surface area contributed by atoms with Crippen LogP contribution in [0.3, 0.4) is 0 Å². The Bertz CT molecular complexity index is 3730. The summed E-state index contributed by atoms with van der Waals surface area (Å²) < 4.78 is 49.3. The molecule has 19 nitrogen and oxygen atoms in total. The number of aromatic nitrogens is 5. The number of rotatable bonds is 16. The molecule has 87 heavy (non-hydrogen) atoms. The number of carbonyl (C=O) groups is 3. The number of nitrogens with zero attached hydrogens (tertiary/aromatic N) is 10. The lowest BCUT2D eigenvalue weighted by Crippen LogP contribution is -2.51. The third kappa shape index (κ3) is 11.8. The average Bonchev–Trinajstić information content (AvgIpc) is 1.67. The van der Waals surface area contributed by atoms with Crippen LogP contribution in [-0.4, -0.2) is 166 Å². The molecular formula is C65H74F2N12O7S. The Balaban J connectivity index is 0.000000171. The van der Waals surface area contributed by atoms with Gasteiger partial charge in [-0.25, -0.2) is 13.8 Å². The van der Waals surface area contributed by atoms with E-state index in [4.69, 9.17) is 25.4 Å². The van der Waals surface area contributed by atoms with Gasteiger partial charge in [0.05, 0.1) is 45.2 Å². The first-order valence-electron chi connectivity index (χ1n) is 30.3. The van der Waals surface area contributed by atoms with Gasteiger partial charge in [0.1, 0.15) is 47.2 Å². The van der Waals surface area contributed by atoms with E-state index in [9.17, 15) is 23.9 Å². The smallest absolute Gasteiger partial charge is 0.319 e. The van der Waals surface area contributed by atoms with E-state index in [1.54, 1.807) is 34.4 Å². The number of carbonyl (C=O) groups excluding carboxylic acids is 3. The van der Waals surface area contributed by atoms with Gasteiger partial charge in [0, 0.05) is 94.3 Å². The van der Waals surface area contributed by atoms with Crippen molar-refractivity contribution < 1.29 is 42.3 Å². The molecule has 6 aliphatic rings. The highest BCUT2D eigenvalue weighted by molar-refractivity contribution is 7.13. The summed E-state index contributed by atoms with van der Waals surface area (Å²) in [5, 5.41) is 22.8. The summed E-state index contributed by atoms with van der Waals surface area (Å²) in [6.45, 7) is 14.5. The van der Waals surface area contributed by atoms with Gasteiger partial charge in [-0.3, -0.25) is 24.3 Å². The molecule has 6 saturated heterocycles. The molecule has 3 N–H and O–H groups in total. The van der Waals surface area contributed by atoms with E-state index in [1.165, 1.54) is 24.3 Å². The Morgan fingerprint density at radius 2 is 1.74 bits per heavy atom. The number of amides is 3. The van der Waals surface area contributed by atoms with Gasteiger partial charge in [-0.05, 0) is 112 Å². The molecule has 0 spiro atoms. The lowest BCUT2D eigenvalue weighted by Gasteiger charge is -2.35. The highest BCUT2D eigenvalue weighted by Crippen LogP contribution is 2.44. The molecule has 0 aliphatic carbocycles. The third-order valence-electron chi connectivity index (χ3n) is 18.6. The van der Waals surface area contributed by atoms with Crippen LogP contribution in [0.2, 0.25) is 0 Å². The summed E-state index contributed by atoms with van der Waals surface area (Å²) >= 11 is 1.61. The van der Waals surface area contributed by atoms with Crippen molar-refractivity contribution in [3.8, 4) is 45.8 Å². The summed E-state index contributed by atoms with van der Waals surface area (Å²) in [7, 11) is 1.74. The number of methoxy groups -OCH3 is 1. The Morgan fingerprint density at radius 1 is 0.954 bits per heavy atom. The van der Waals surface area contributed by atoms with Crippen molar-refractivity contribution in [1.29, 1.82) is 0 Å². The molecule has 7 atom stereocenters. The molecule has 456 valence electrons. The summed E-state index contributed by atoms with van der Waals surface area (Å²) in [5.41, 5.74) is 4.95. The Labute approximate surface area is 508 Å². The SMILES string of the molecule is C#Cc1c(F)ccc2cc(O)cc(-c3ncc4c(N5CC6CCC(C5)N6)nc(OCC56CCCN5C(COC)CC6)nc4c3F)c12.Cc1ncsc1-c1ccc(C(C)NC(=O)C2CCCN2C(=O)C(c2cc(N3CCN(C=O)CC3)no2)C(C)C)cc1. The van der Waals surface area contributed by atoms with Crippen molar-refractivity contribution in [3.63, 3.8) is 0 Å². The molecule has 2 bridgehead atoms. The molecule has 0 radical (unpaired) electrons. The predicted octanol–water partition coefficient (Wildman–Crippen LogP) is 8.77. The fourth-order valence-corrected chi connectivity index (χ4v) is 15.0.